The fourth-order valence-corrected chi connectivity index (χ4v) is 4.29. The lowest BCUT2D eigenvalue weighted by Crippen LogP contribution is -2.24. The highest BCUT2D eigenvalue weighted by molar-refractivity contribution is 7.89. The molecule has 3 aromatic rings. The molecule has 0 saturated carbocycles. The van der Waals surface area contributed by atoms with E-state index in [1.54, 1.807) is 0 Å². The summed E-state index contributed by atoms with van der Waals surface area (Å²) in [4.78, 5) is 13.1. The van der Waals surface area contributed by atoms with Crippen molar-refractivity contribution in [2.75, 3.05) is 0 Å². The molecule has 0 aliphatic rings. The van der Waals surface area contributed by atoms with Crippen LogP contribution in [0.2, 0.25) is 0 Å². The van der Waals surface area contributed by atoms with Gasteiger partial charge in [0.25, 0.3) is 5.91 Å². The van der Waals surface area contributed by atoms with E-state index in [4.69, 9.17) is 0 Å². The Bertz CT molecular complexity index is 1090. The Hall–Kier alpha value is -2.69. The van der Waals surface area contributed by atoms with Crippen LogP contribution < -0.4 is 10.0 Å². The van der Waals surface area contributed by atoms with Crippen LogP contribution in [0.4, 0.5) is 13.2 Å². The summed E-state index contributed by atoms with van der Waals surface area (Å²) in [6.07, 6.45) is -4.41. The summed E-state index contributed by atoms with van der Waals surface area (Å²) in [6, 6.07) is 13.5. The second-order valence-corrected chi connectivity index (χ2v) is 9.10. The van der Waals surface area contributed by atoms with E-state index in [9.17, 15) is 26.4 Å². The van der Waals surface area contributed by atoms with Crippen molar-refractivity contribution in [2.45, 2.75) is 24.2 Å². The topological polar surface area (TPSA) is 75.3 Å². The summed E-state index contributed by atoms with van der Waals surface area (Å²) in [5.74, 6) is -0.467. The average molecular weight is 454 g/mol. The summed E-state index contributed by atoms with van der Waals surface area (Å²) in [5.41, 5.74) is -0.0190. The number of thiophene rings is 1. The number of hydrogen-bond donors (Lipinski definition) is 2. The SMILES string of the molecule is O=C(NCc1ccc(C(F)(F)F)cc1)c1ccc(S(=O)(=O)NCc2cccs2)cc1. The molecule has 1 amide bonds. The number of benzene rings is 2. The molecule has 2 aromatic carbocycles. The molecular formula is C20H17F3N2O3S2. The van der Waals surface area contributed by atoms with Gasteiger partial charge < -0.3 is 5.32 Å². The smallest absolute Gasteiger partial charge is 0.348 e. The van der Waals surface area contributed by atoms with E-state index in [0.717, 1.165) is 17.0 Å². The lowest BCUT2D eigenvalue weighted by Gasteiger charge is -2.09. The summed E-state index contributed by atoms with van der Waals surface area (Å²) in [7, 11) is -3.72. The minimum Gasteiger partial charge on any atom is -0.348 e. The number of hydrogen-bond acceptors (Lipinski definition) is 4. The number of amides is 1. The van der Waals surface area contributed by atoms with Crippen LogP contribution in [0.1, 0.15) is 26.4 Å². The number of rotatable bonds is 7. The van der Waals surface area contributed by atoms with Crippen molar-refractivity contribution in [2.24, 2.45) is 0 Å². The second kappa shape index (κ2) is 8.99. The zero-order valence-corrected chi connectivity index (χ0v) is 17.1. The van der Waals surface area contributed by atoms with E-state index < -0.39 is 27.7 Å². The number of alkyl halides is 3. The lowest BCUT2D eigenvalue weighted by atomic mass is 10.1. The van der Waals surface area contributed by atoms with Crippen molar-refractivity contribution < 1.29 is 26.4 Å². The minimum atomic E-state index is -4.41. The van der Waals surface area contributed by atoms with Crippen LogP contribution in [0.15, 0.2) is 70.9 Å². The molecule has 1 aromatic heterocycles. The summed E-state index contributed by atoms with van der Waals surface area (Å²) in [6.45, 7) is 0.217. The van der Waals surface area contributed by atoms with E-state index in [-0.39, 0.29) is 23.5 Å². The maximum atomic E-state index is 12.6. The van der Waals surface area contributed by atoms with Gasteiger partial charge in [0.1, 0.15) is 0 Å². The van der Waals surface area contributed by atoms with Gasteiger partial charge in [0.05, 0.1) is 10.5 Å². The zero-order valence-electron chi connectivity index (χ0n) is 15.4. The van der Waals surface area contributed by atoms with Gasteiger partial charge in [-0.1, -0.05) is 18.2 Å². The highest BCUT2D eigenvalue weighted by Crippen LogP contribution is 2.29. The van der Waals surface area contributed by atoms with Gasteiger partial charge in [0.2, 0.25) is 10.0 Å². The lowest BCUT2D eigenvalue weighted by molar-refractivity contribution is -0.137. The third-order valence-corrected chi connectivity index (χ3v) is 6.47. The Kier molecular flexibility index (Phi) is 6.59. The molecule has 0 atom stereocenters. The molecule has 0 bridgehead atoms. The average Bonchev–Trinajstić information content (AvgIpc) is 3.24. The van der Waals surface area contributed by atoms with Crippen molar-refractivity contribution in [3.8, 4) is 0 Å². The van der Waals surface area contributed by atoms with E-state index in [1.165, 1.54) is 47.7 Å². The van der Waals surface area contributed by atoms with Crippen LogP contribution in [0.5, 0.6) is 0 Å². The van der Waals surface area contributed by atoms with Gasteiger partial charge in [0, 0.05) is 23.5 Å². The Morgan fingerprint density at radius 3 is 2.17 bits per heavy atom. The molecule has 1 heterocycles. The van der Waals surface area contributed by atoms with Crippen LogP contribution in [-0.2, 0) is 29.3 Å². The molecule has 0 fully saturated rings. The predicted molar refractivity (Wildman–Crippen MR) is 107 cm³/mol. The summed E-state index contributed by atoms with van der Waals surface area (Å²) in [5, 5.41) is 4.44. The molecule has 2 N–H and O–H groups in total. The molecular weight excluding hydrogens is 437 g/mol. The Balaban J connectivity index is 1.58. The number of sulfonamides is 1. The largest absolute Gasteiger partial charge is 0.416 e. The van der Waals surface area contributed by atoms with Crippen molar-refractivity contribution in [1.82, 2.24) is 10.0 Å². The molecule has 0 saturated heterocycles. The highest BCUT2D eigenvalue weighted by Gasteiger charge is 2.29. The molecule has 5 nitrogen and oxygen atoms in total. The van der Waals surface area contributed by atoms with Gasteiger partial charge in [-0.05, 0) is 53.4 Å². The number of nitrogens with one attached hydrogen (secondary N) is 2. The first-order valence-corrected chi connectivity index (χ1v) is 11.1. The fraction of sp³-hybridized carbons (Fsp3) is 0.150. The summed E-state index contributed by atoms with van der Waals surface area (Å²) < 4.78 is 64.9. The van der Waals surface area contributed by atoms with Crippen molar-refractivity contribution in [3.05, 3.63) is 87.6 Å². The molecule has 158 valence electrons. The Morgan fingerprint density at radius 2 is 1.60 bits per heavy atom. The second-order valence-electron chi connectivity index (χ2n) is 6.31. The summed E-state index contributed by atoms with van der Waals surface area (Å²) >= 11 is 1.44. The molecule has 0 aliphatic carbocycles. The van der Waals surface area contributed by atoms with E-state index in [0.29, 0.717) is 5.56 Å². The van der Waals surface area contributed by atoms with Crippen LogP contribution >= 0.6 is 11.3 Å². The number of halogens is 3. The molecule has 0 aliphatic heterocycles. The fourth-order valence-electron chi connectivity index (χ4n) is 2.54. The van der Waals surface area contributed by atoms with E-state index in [1.807, 2.05) is 17.5 Å². The van der Waals surface area contributed by atoms with Gasteiger partial charge >= 0.3 is 6.18 Å². The monoisotopic (exact) mass is 454 g/mol. The molecule has 3 rings (SSSR count). The Morgan fingerprint density at radius 1 is 0.933 bits per heavy atom. The molecule has 0 radical (unpaired) electrons. The first-order valence-electron chi connectivity index (χ1n) is 8.71. The van der Waals surface area contributed by atoms with Gasteiger partial charge in [-0.15, -0.1) is 11.3 Å². The van der Waals surface area contributed by atoms with Crippen molar-refractivity contribution >= 4 is 27.3 Å². The van der Waals surface area contributed by atoms with Crippen molar-refractivity contribution in [3.63, 3.8) is 0 Å². The molecule has 30 heavy (non-hydrogen) atoms. The third kappa shape index (κ3) is 5.68. The zero-order chi connectivity index (χ0) is 21.8. The predicted octanol–water partition coefficient (Wildman–Crippen LogP) is 4.18. The molecule has 0 spiro atoms. The first kappa shape index (κ1) is 22.0. The third-order valence-electron chi connectivity index (χ3n) is 4.18. The minimum absolute atomic E-state index is 0.0262. The van der Waals surface area contributed by atoms with E-state index in [2.05, 4.69) is 10.0 Å². The standard InChI is InChI=1S/C20H17F3N2O3S2/c21-20(22,23)16-7-3-14(4-8-16)12-24-19(26)15-5-9-18(10-6-15)30(27,28)25-13-17-2-1-11-29-17/h1-11,25H,12-13H2,(H,24,26). The molecule has 0 unspecified atom stereocenters. The van der Waals surface area contributed by atoms with Crippen LogP contribution in [-0.4, -0.2) is 14.3 Å². The van der Waals surface area contributed by atoms with Crippen molar-refractivity contribution in [1.29, 1.82) is 0 Å². The van der Waals surface area contributed by atoms with Crippen LogP contribution in [0.3, 0.4) is 0 Å². The normalized spacial score (nSPS) is 12.0. The number of carbonyl (C=O) groups excluding carboxylic acids is 1. The van der Waals surface area contributed by atoms with Gasteiger partial charge in [-0.2, -0.15) is 13.2 Å². The first-order chi connectivity index (χ1) is 14.1. The van der Waals surface area contributed by atoms with Crippen LogP contribution in [0, 0.1) is 0 Å². The van der Waals surface area contributed by atoms with Gasteiger partial charge in [-0.25, -0.2) is 13.1 Å². The highest BCUT2D eigenvalue weighted by atomic mass is 32.2. The maximum Gasteiger partial charge on any atom is 0.416 e. The maximum absolute atomic E-state index is 12.6. The quantitative estimate of drug-likeness (QED) is 0.563. The van der Waals surface area contributed by atoms with E-state index >= 15 is 0 Å². The van der Waals surface area contributed by atoms with Gasteiger partial charge in [0.15, 0.2) is 0 Å². The van der Waals surface area contributed by atoms with Crippen LogP contribution in [0.25, 0.3) is 0 Å². The number of carbonyl (C=O) groups is 1. The Labute approximate surface area is 175 Å². The van der Waals surface area contributed by atoms with Gasteiger partial charge in [-0.3, -0.25) is 4.79 Å². The molecule has 10 heteroatoms.